The fraction of sp³-hybridized carbons (Fsp3) is 0.375. The highest BCUT2D eigenvalue weighted by Crippen LogP contribution is 2.22. The average molecular weight is 256 g/mol. The molecule has 0 aliphatic carbocycles. The Balaban J connectivity index is 1.80. The third-order valence-corrected chi connectivity index (χ3v) is 3.73. The first-order chi connectivity index (χ1) is 9.35. The van der Waals surface area contributed by atoms with Gasteiger partial charge in [-0.05, 0) is 34.5 Å². The highest BCUT2D eigenvalue weighted by Gasteiger charge is 2.10. The van der Waals surface area contributed by atoms with Crippen molar-refractivity contribution in [3.63, 3.8) is 0 Å². The molecule has 0 atom stereocenters. The first kappa shape index (κ1) is 12.5. The minimum atomic E-state index is 0.919. The molecule has 1 aliphatic rings. The molecule has 1 saturated heterocycles. The van der Waals surface area contributed by atoms with E-state index in [1.54, 1.807) is 7.11 Å². The Kier molecular flexibility index (Phi) is 3.67. The summed E-state index contributed by atoms with van der Waals surface area (Å²) in [7, 11) is 1.71. The summed E-state index contributed by atoms with van der Waals surface area (Å²) in [5, 5.41) is 5.91. The molecule has 1 aliphatic heterocycles. The summed E-state index contributed by atoms with van der Waals surface area (Å²) in [4.78, 5) is 2.50. The zero-order valence-electron chi connectivity index (χ0n) is 11.4. The molecule has 19 heavy (non-hydrogen) atoms. The fourth-order valence-electron chi connectivity index (χ4n) is 2.63. The number of nitrogens with one attached hydrogen (secondary N) is 1. The summed E-state index contributed by atoms with van der Waals surface area (Å²) in [6.07, 6.45) is 0. The quantitative estimate of drug-likeness (QED) is 0.911. The van der Waals surface area contributed by atoms with E-state index < -0.39 is 0 Å². The summed E-state index contributed by atoms with van der Waals surface area (Å²) in [5.74, 6) is 0.919. The van der Waals surface area contributed by atoms with Gasteiger partial charge in [0.25, 0.3) is 0 Å². The molecule has 0 bridgehead atoms. The van der Waals surface area contributed by atoms with Crippen molar-refractivity contribution >= 4 is 10.8 Å². The maximum atomic E-state index is 5.26. The van der Waals surface area contributed by atoms with Gasteiger partial charge in [0.1, 0.15) is 5.75 Å². The van der Waals surface area contributed by atoms with Crippen molar-refractivity contribution in [2.75, 3.05) is 33.3 Å². The molecule has 0 aromatic heterocycles. The second-order valence-electron chi connectivity index (χ2n) is 5.07. The molecule has 100 valence electrons. The number of rotatable bonds is 3. The van der Waals surface area contributed by atoms with Crippen LogP contribution >= 0.6 is 0 Å². The third-order valence-electron chi connectivity index (χ3n) is 3.73. The Hall–Kier alpha value is -1.58. The molecule has 2 aromatic carbocycles. The molecule has 2 aromatic rings. The predicted octanol–water partition coefficient (Wildman–Crippen LogP) is 2.25. The van der Waals surface area contributed by atoms with E-state index in [1.165, 1.54) is 16.3 Å². The molecule has 3 heteroatoms. The van der Waals surface area contributed by atoms with Gasteiger partial charge in [-0.15, -0.1) is 0 Å². The molecular formula is C16H20N2O. The normalized spacial score (nSPS) is 16.7. The number of piperazine rings is 1. The third kappa shape index (κ3) is 2.88. The van der Waals surface area contributed by atoms with Crippen LogP contribution in [0.2, 0.25) is 0 Å². The van der Waals surface area contributed by atoms with Crippen molar-refractivity contribution in [2.45, 2.75) is 6.54 Å². The van der Waals surface area contributed by atoms with Crippen LogP contribution in [-0.4, -0.2) is 38.2 Å². The van der Waals surface area contributed by atoms with E-state index >= 15 is 0 Å². The number of ether oxygens (including phenoxy) is 1. The second-order valence-corrected chi connectivity index (χ2v) is 5.07. The molecule has 0 unspecified atom stereocenters. The zero-order chi connectivity index (χ0) is 13.1. The van der Waals surface area contributed by atoms with Crippen LogP contribution in [0, 0.1) is 0 Å². The van der Waals surface area contributed by atoms with Crippen molar-refractivity contribution in [1.29, 1.82) is 0 Å². The smallest absolute Gasteiger partial charge is 0.119 e. The molecule has 1 fully saturated rings. The van der Waals surface area contributed by atoms with Crippen molar-refractivity contribution in [1.82, 2.24) is 10.2 Å². The maximum Gasteiger partial charge on any atom is 0.119 e. The van der Waals surface area contributed by atoms with E-state index in [0.717, 1.165) is 38.5 Å². The summed E-state index contributed by atoms with van der Waals surface area (Å²) in [6, 6.07) is 13.0. The number of methoxy groups -OCH3 is 1. The van der Waals surface area contributed by atoms with Crippen LogP contribution in [0.15, 0.2) is 36.4 Å². The largest absolute Gasteiger partial charge is 0.497 e. The lowest BCUT2D eigenvalue weighted by Gasteiger charge is -2.27. The summed E-state index contributed by atoms with van der Waals surface area (Å²) < 4.78 is 5.26. The Labute approximate surface area is 114 Å². The van der Waals surface area contributed by atoms with E-state index in [2.05, 4.69) is 40.5 Å². The van der Waals surface area contributed by atoms with Crippen LogP contribution in [-0.2, 0) is 6.54 Å². The molecular weight excluding hydrogens is 236 g/mol. The lowest BCUT2D eigenvalue weighted by Crippen LogP contribution is -2.42. The van der Waals surface area contributed by atoms with Crippen molar-refractivity contribution in [3.05, 3.63) is 42.0 Å². The van der Waals surface area contributed by atoms with Gasteiger partial charge >= 0.3 is 0 Å². The molecule has 0 radical (unpaired) electrons. The van der Waals surface area contributed by atoms with E-state index in [9.17, 15) is 0 Å². The Bertz CT molecular complexity index is 562. The second kappa shape index (κ2) is 5.59. The van der Waals surface area contributed by atoms with Gasteiger partial charge in [0, 0.05) is 32.7 Å². The lowest BCUT2D eigenvalue weighted by atomic mass is 10.1. The van der Waals surface area contributed by atoms with Crippen LogP contribution in [0.25, 0.3) is 10.8 Å². The minimum absolute atomic E-state index is 0.919. The maximum absolute atomic E-state index is 5.26. The highest BCUT2D eigenvalue weighted by atomic mass is 16.5. The zero-order valence-corrected chi connectivity index (χ0v) is 11.4. The predicted molar refractivity (Wildman–Crippen MR) is 78.6 cm³/mol. The molecule has 0 spiro atoms. The van der Waals surface area contributed by atoms with E-state index in [1.807, 2.05) is 6.07 Å². The molecule has 0 saturated carbocycles. The number of nitrogens with zero attached hydrogens (tertiary/aromatic N) is 1. The highest BCUT2D eigenvalue weighted by molar-refractivity contribution is 5.84. The van der Waals surface area contributed by atoms with Crippen LogP contribution in [0.1, 0.15) is 5.56 Å². The molecule has 1 N–H and O–H groups in total. The van der Waals surface area contributed by atoms with Crippen LogP contribution < -0.4 is 10.1 Å². The van der Waals surface area contributed by atoms with Gasteiger partial charge in [0.2, 0.25) is 0 Å². The standard InChI is InChI=1S/C16H20N2O/c1-19-16-5-4-14-10-13(2-3-15(14)11-16)12-18-8-6-17-7-9-18/h2-5,10-11,17H,6-9,12H2,1H3. The first-order valence-corrected chi connectivity index (χ1v) is 6.85. The van der Waals surface area contributed by atoms with E-state index in [4.69, 9.17) is 4.74 Å². The van der Waals surface area contributed by atoms with Gasteiger partial charge in [-0.1, -0.05) is 18.2 Å². The fourth-order valence-corrected chi connectivity index (χ4v) is 2.63. The van der Waals surface area contributed by atoms with Gasteiger partial charge in [-0.25, -0.2) is 0 Å². The Morgan fingerprint density at radius 2 is 1.79 bits per heavy atom. The number of hydrogen-bond donors (Lipinski definition) is 1. The SMILES string of the molecule is COc1ccc2cc(CN3CCNCC3)ccc2c1. The Morgan fingerprint density at radius 1 is 1.05 bits per heavy atom. The molecule has 1 heterocycles. The van der Waals surface area contributed by atoms with Gasteiger partial charge in [-0.3, -0.25) is 4.90 Å². The van der Waals surface area contributed by atoms with Crippen molar-refractivity contribution < 1.29 is 4.74 Å². The van der Waals surface area contributed by atoms with Gasteiger partial charge in [-0.2, -0.15) is 0 Å². The van der Waals surface area contributed by atoms with Gasteiger partial charge in [0.15, 0.2) is 0 Å². The summed E-state index contributed by atoms with van der Waals surface area (Å²) >= 11 is 0. The van der Waals surface area contributed by atoms with Crippen molar-refractivity contribution in [2.24, 2.45) is 0 Å². The van der Waals surface area contributed by atoms with E-state index in [0.29, 0.717) is 0 Å². The Morgan fingerprint density at radius 3 is 2.58 bits per heavy atom. The van der Waals surface area contributed by atoms with Crippen LogP contribution in [0.4, 0.5) is 0 Å². The minimum Gasteiger partial charge on any atom is -0.497 e. The summed E-state index contributed by atoms with van der Waals surface area (Å²) in [5.41, 5.74) is 1.39. The number of hydrogen-bond acceptors (Lipinski definition) is 3. The molecule has 3 nitrogen and oxygen atoms in total. The topological polar surface area (TPSA) is 24.5 Å². The summed E-state index contributed by atoms with van der Waals surface area (Å²) in [6.45, 7) is 5.53. The molecule has 0 amide bonds. The van der Waals surface area contributed by atoms with E-state index in [-0.39, 0.29) is 0 Å². The van der Waals surface area contributed by atoms with Crippen molar-refractivity contribution in [3.8, 4) is 5.75 Å². The first-order valence-electron chi connectivity index (χ1n) is 6.85. The molecule has 3 rings (SSSR count). The van der Waals surface area contributed by atoms with Gasteiger partial charge in [0.05, 0.1) is 7.11 Å². The lowest BCUT2D eigenvalue weighted by molar-refractivity contribution is 0.233. The average Bonchev–Trinajstić information content (AvgIpc) is 2.48. The van der Waals surface area contributed by atoms with Crippen LogP contribution in [0.5, 0.6) is 5.75 Å². The number of benzene rings is 2. The number of fused-ring (bicyclic) bond motifs is 1. The van der Waals surface area contributed by atoms with Gasteiger partial charge < -0.3 is 10.1 Å². The van der Waals surface area contributed by atoms with Crippen LogP contribution in [0.3, 0.4) is 0 Å². The monoisotopic (exact) mass is 256 g/mol.